The van der Waals surface area contributed by atoms with Crippen molar-refractivity contribution in [3.05, 3.63) is 0 Å². The number of piperidine rings is 1. The highest BCUT2D eigenvalue weighted by Crippen LogP contribution is 2.19. The molecule has 2 fully saturated rings. The lowest BCUT2D eigenvalue weighted by Crippen LogP contribution is -2.43. The number of ether oxygens (including phenoxy) is 1. The minimum atomic E-state index is 0.0851. The van der Waals surface area contributed by atoms with Gasteiger partial charge in [-0.2, -0.15) is 0 Å². The Morgan fingerprint density at radius 1 is 1.06 bits per heavy atom. The molecular weight excluding hydrogens is 228 g/mol. The van der Waals surface area contributed by atoms with Crippen LogP contribution in [0.4, 0.5) is 4.79 Å². The maximum absolute atomic E-state index is 11.8. The zero-order valence-electron chi connectivity index (χ0n) is 11.3. The second-order valence-electron chi connectivity index (χ2n) is 5.41. The van der Waals surface area contributed by atoms with Gasteiger partial charge in [0.25, 0.3) is 0 Å². The Morgan fingerprint density at radius 3 is 2.44 bits per heavy atom. The molecule has 0 aromatic carbocycles. The summed E-state index contributed by atoms with van der Waals surface area (Å²) in [4.78, 5) is 13.7. The number of nitrogens with zero attached hydrogens (tertiary/aromatic N) is 1. The van der Waals surface area contributed by atoms with E-state index in [1.165, 1.54) is 38.5 Å². The molecule has 1 aliphatic heterocycles. The van der Waals surface area contributed by atoms with Gasteiger partial charge in [-0.05, 0) is 32.1 Å². The Kier molecular flexibility index (Phi) is 5.78. The average molecular weight is 254 g/mol. The van der Waals surface area contributed by atoms with Gasteiger partial charge in [-0.1, -0.05) is 19.3 Å². The molecule has 1 N–H and O–H groups in total. The molecule has 2 rings (SSSR count). The van der Waals surface area contributed by atoms with Crippen LogP contribution in [-0.4, -0.2) is 43.3 Å². The van der Waals surface area contributed by atoms with E-state index in [2.05, 4.69) is 5.32 Å². The molecule has 0 unspecified atom stereocenters. The maximum atomic E-state index is 11.8. The van der Waals surface area contributed by atoms with E-state index in [1.54, 1.807) is 0 Å². The van der Waals surface area contributed by atoms with E-state index in [1.807, 2.05) is 4.90 Å². The van der Waals surface area contributed by atoms with Gasteiger partial charge in [0, 0.05) is 19.6 Å². The summed E-state index contributed by atoms with van der Waals surface area (Å²) in [5, 5.41) is 2.95. The third-order valence-electron chi connectivity index (χ3n) is 3.93. The van der Waals surface area contributed by atoms with Crippen LogP contribution in [0.1, 0.15) is 51.4 Å². The van der Waals surface area contributed by atoms with Crippen LogP contribution in [-0.2, 0) is 4.74 Å². The summed E-state index contributed by atoms with van der Waals surface area (Å²) in [6.45, 7) is 3.13. The summed E-state index contributed by atoms with van der Waals surface area (Å²) >= 11 is 0. The summed E-state index contributed by atoms with van der Waals surface area (Å²) < 4.78 is 5.79. The van der Waals surface area contributed by atoms with E-state index < -0.39 is 0 Å². The number of likely N-dealkylation sites (tertiary alicyclic amines) is 1. The van der Waals surface area contributed by atoms with Crippen molar-refractivity contribution in [3.63, 3.8) is 0 Å². The van der Waals surface area contributed by atoms with Crippen molar-refractivity contribution in [1.82, 2.24) is 10.2 Å². The fraction of sp³-hybridized carbons (Fsp3) is 0.929. The standard InChI is InChI=1S/C14H26N2O2/c17-14(16-10-5-2-6-11-16)15-9-12-18-13-7-3-1-4-8-13/h13H,1-12H2,(H,15,17). The van der Waals surface area contributed by atoms with Crippen LogP contribution in [0, 0.1) is 0 Å². The Bertz CT molecular complexity index is 246. The van der Waals surface area contributed by atoms with Crippen molar-refractivity contribution in [2.75, 3.05) is 26.2 Å². The topological polar surface area (TPSA) is 41.6 Å². The van der Waals surface area contributed by atoms with Crippen LogP contribution in [0.2, 0.25) is 0 Å². The Labute approximate surface area is 110 Å². The second kappa shape index (κ2) is 7.62. The lowest BCUT2D eigenvalue weighted by atomic mass is 9.98. The quantitative estimate of drug-likeness (QED) is 0.783. The van der Waals surface area contributed by atoms with E-state index in [9.17, 15) is 4.79 Å². The van der Waals surface area contributed by atoms with Crippen molar-refractivity contribution < 1.29 is 9.53 Å². The van der Waals surface area contributed by atoms with E-state index in [0.717, 1.165) is 25.9 Å². The van der Waals surface area contributed by atoms with Crippen LogP contribution in [0.3, 0.4) is 0 Å². The normalized spacial score (nSPS) is 21.9. The second-order valence-corrected chi connectivity index (χ2v) is 5.41. The van der Waals surface area contributed by atoms with Crippen molar-refractivity contribution in [3.8, 4) is 0 Å². The smallest absolute Gasteiger partial charge is 0.317 e. The molecule has 0 aromatic heterocycles. The molecule has 1 saturated carbocycles. The lowest BCUT2D eigenvalue weighted by molar-refractivity contribution is 0.0306. The molecule has 4 nitrogen and oxygen atoms in total. The zero-order valence-corrected chi connectivity index (χ0v) is 11.3. The number of carbonyl (C=O) groups is 1. The maximum Gasteiger partial charge on any atom is 0.317 e. The van der Waals surface area contributed by atoms with Gasteiger partial charge in [0.05, 0.1) is 12.7 Å². The highest BCUT2D eigenvalue weighted by Gasteiger charge is 2.16. The van der Waals surface area contributed by atoms with Crippen molar-refractivity contribution >= 4 is 6.03 Å². The van der Waals surface area contributed by atoms with Gasteiger partial charge >= 0.3 is 6.03 Å². The molecule has 0 atom stereocenters. The lowest BCUT2D eigenvalue weighted by Gasteiger charge is -2.27. The molecule has 1 heterocycles. The van der Waals surface area contributed by atoms with Gasteiger partial charge in [-0.3, -0.25) is 0 Å². The Morgan fingerprint density at radius 2 is 1.72 bits per heavy atom. The van der Waals surface area contributed by atoms with Crippen LogP contribution in [0.25, 0.3) is 0 Å². The minimum Gasteiger partial charge on any atom is -0.376 e. The van der Waals surface area contributed by atoms with E-state index >= 15 is 0 Å². The predicted molar refractivity (Wildman–Crippen MR) is 71.6 cm³/mol. The molecule has 2 amide bonds. The van der Waals surface area contributed by atoms with Crippen molar-refractivity contribution in [1.29, 1.82) is 0 Å². The van der Waals surface area contributed by atoms with Gasteiger partial charge < -0.3 is 15.0 Å². The van der Waals surface area contributed by atoms with E-state index in [-0.39, 0.29) is 6.03 Å². The molecule has 18 heavy (non-hydrogen) atoms. The number of hydrogen-bond donors (Lipinski definition) is 1. The first kappa shape index (κ1) is 13.7. The molecule has 104 valence electrons. The molecule has 1 saturated heterocycles. The number of amides is 2. The summed E-state index contributed by atoms with van der Waals surface area (Å²) in [7, 11) is 0. The number of hydrogen-bond acceptors (Lipinski definition) is 2. The molecule has 2 aliphatic rings. The van der Waals surface area contributed by atoms with Gasteiger partial charge in [-0.25, -0.2) is 4.79 Å². The molecule has 1 aliphatic carbocycles. The molecule has 0 bridgehead atoms. The average Bonchev–Trinajstić information content (AvgIpc) is 2.45. The van der Waals surface area contributed by atoms with Gasteiger partial charge in [0.1, 0.15) is 0 Å². The van der Waals surface area contributed by atoms with Crippen LogP contribution < -0.4 is 5.32 Å². The van der Waals surface area contributed by atoms with Crippen molar-refractivity contribution in [2.24, 2.45) is 0 Å². The van der Waals surface area contributed by atoms with Crippen LogP contribution in [0.15, 0.2) is 0 Å². The molecule has 0 spiro atoms. The van der Waals surface area contributed by atoms with E-state index in [4.69, 9.17) is 4.74 Å². The highest BCUT2D eigenvalue weighted by atomic mass is 16.5. The first-order valence-corrected chi connectivity index (χ1v) is 7.50. The number of urea groups is 1. The summed E-state index contributed by atoms with van der Waals surface area (Å²) in [6, 6.07) is 0.0851. The third kappa shape index (κ3) is 4.48. The monoisotopic (exact) mass is 254 g/mol. The van der Waals surface area contributed by atoms with Crippen LogP contribution in [0.5, 0.6) is 0 Å². The van der Waals surface area contributed by atoms with E-state index in [0.29, 0.717) is 19.3 Å². The van der Waals surface area contributed by atoms with Crippen molar-refractivity contribution in [2.45, 2.75) is 57.5 Å². The molecule has 0 radical (unpaired) electrons. The Balaban J connectivity index is 1.52. The fourth-order valence-corrected chi connectivity index (χ4v) is 2.82. The SMILES string of the molecule is O=C(NCCOC1CCCCC1)N1CCCCC1. The fourth-order valence-electron chi connectivity index (χ4n) is 2.82. The molecule has 0 aromatic rings. The Hall–Kier alpha value is -0.770. The first-order chi connectivity index (χ1) is 8.86. The number of nitrogens with one attached hydrogen (secondary N) is 1. The summed E-state index contributed by atoms with van der Waals surface area (Å²) in [6.07, 6.45) is 10.3. The highest BCUT2D eigenvalue weighted by molar-refractivity contribution is 5.74. The number of carbonyl (C=O) groups excluding carboxylic acids is 1. The van der Waals surface area contributed by atoms with Gasteiger partial charge in [-0.15, -0.1) is 0 Å². The third-order valence-corrected chi connectivity index (χ3v) is 3.93. The molecular formula is C14H26N2O2. The number of rotatable bonds is 4. The summed E-state index contributed by atoms with van der Waals surface area (Å²) in [5.74, 6) is 0. The largest absolute Gasteiger partial charge is 0.376 e. The zero-order chi connectivity index (χ0) is 12.6. The minimum absolute atomic E-state index is 0.0851. The molecule has 4 heteroatoms. The summed E-state index contributed by atoms with van der Waals surface area (Å²) in [5.41, 5.74) is 0. The van der Waals surface area contributed by atoms with Gasteiger partial charge in [0.15, 0.2) is 0 Å². The predicted octanol–water partition coefficient (Wildman–Crippen LogP) is 2.53. The van der Waals surface area contributed by atoms with Gasteiger partial charge in [0.2, 0.25) is 0 Å². The first-order valence-electron chi connectivity index (χ1n) is 7.50. The van der Waals surface area contributed by atoms with Crippen LogP contribution >= 0.6 is 0 Å².